The van der Waals surface area contributed by atoms with Crippen molar-refractivity contribution in [3.05, 3.63) is 47.3 Å². The molecule has 0 unspecified atom stereocenters. The second-order valence-corrected chi connectivity index (χ2v) is 16.5. The van der Waals surface area contributed by atoms with E-state index in [0.717, 1.165) is 36.4 Å². The Morgan fingerprint density at radius 2 is 1.89 bits per heavy atom. The number of aryl methyl sites for hydroxylation is 1. The van der Waals surface area contributed by atoms with Crippen molar-refractivity contribution >= 4 is 81.5 Å². The summed E-state index contributed by atoms with van der Waals surface area (Å²) in [6.07, 6.45) is 7.19. The SMILES string of the molecule is C=Nc1ccc(Nc2nc(Nc3cc(-c4cnn(C)c4)c(N4CCN(C)C(C)(C)C4)cc3OC)ncc2Br)c(P(C)(C)=O)c1N=CC. The molecule has 0 saturated carbocycles. The summed E-state index contributed by atoms with van der Waals surface area (Å²) in [6.45, 7) is 16.1. The van der Waals surface area contributed by atoms with Crippen LogP contribution in [0.15, 0.2) is 57.3 Å². The maximum absolute atomic E-state index is 13.5. The molecule has 0 spiro atoms. The number of aliphatic imine (C=N–C) groups is 2. The summed E-state index contributed by atoms with van der Waals surface area (Å²) in [5, 5.41) is 11.7. The zero-order valence-corrected chi connectivity index (χ0v) is 30.6. The Labute approximate surface area is 284 Å². The molecule has 1 aliphatic heterocycles. The fourth-order valence-electron chi connectivity index (χ4n) is 5.70. The molecule has 0 aliphatic carbocycles. The zero-order valence-electron chi connectivity index (χ0n) is 28.2. The second-order valence-electron chi connectivity index (χ2n) is 12.5. The smallest absolute Gasteiger partial charge is 0.229 e. The third-order valence-corrected chi connectivity index (χ3v) is 10.4. The van der Waals surface area contributed by atoms with Gasteiger partial charge in [0.2, 0.25) is 5.95 Å². The van der Waals surface area contributed by atoms with Gasteiger partial charge in [-0.15, -0.1) is 0 Å². The Balaban J connectivity index is 1.55. The lowest BCUT2D eigenvalue weighted by Crippen LogP contribution is -2.57. The van der Waals surface area contributed by atoms with E-state index in [1.54, 1.807) is 50.5 Å². The molecule has 47 heavy (non-hydrogen) atoms. The fourth-order valence-corrected chi connectivity index (χ4v) is 7.38. The second kappa shape index (κ2) is 13.6. The largest absolute Gasteiger partial charge is 0.494 e. The van der Waals surface area contributed by atoms with Crippen LogP contribution in [0.1, 0.15) is 20.8 Å². The van der Waals surface area contributed by atoms with Crippen LogP contribution in [0.25, 0.3) is 11.1 Å². The minimum Gasteiger partial charge on any atom is -0.494 e. The molecule has 0 atom stereocenters. The van der Waals surface area contributed by atoms with E-state index in [9.17, 15) is 4.57 Å². The molecule has 2 N–H and O–H groups in total. The third kappa shape index (κ3) is 7.27. The molecular weight excluding hydrogens is 679 g/mol. The van der Waals surface area contributed by atoms with E-state index in [0.29, 0.717) is 50.0 Å². The molecule has 1 fully saturated rings. The number of nitrogens with zero attached hydrogens (tertiary/aromatic N) is 8. The van der Waals surface area contributed by atoms with Crippen LogP contribution in [0, 0.1) is 0 Å². The maximum Gasteiger partial charge on any atom is 0.229 e. The van der Waals surface area contributed by atoms with Crippen LogP contribution in [0.4, 0.5) is 40.2 Å². The number of aromatic nitrogens is 4. The Morgan fingerprint density at radius 3 is 2.51 bits per heavy atom. The monoisotopic (exact) mass is 720 g/mol. The van der Waals surface area contributed by atoms with Crippen molar-refractivity contribution in [2.75, 3.05) is 62.7 Å². The molecular formula is C33H42BrN10O2P. The molecule has 3 heterocycles. The van der Waals surface area contributed by atoms with Crippen molar-refractivity contribution in [2.45, 2.75) is 26.3 Å². The van der Waals surface area contributed by atoms with Crippen molar-refractivity contribution in [1.29, 1.82) is 0 Å². The summed E-state index contributed by atoms with van der Waals surface area (Å²) in [6, 6.07) is 7.74. The van der Waals surface area contributed by atoms with Gasteiger partial charge in [-0.1, -0.05) is 0 Å². The van der Waals surface area contributed by atoms with Crippen molar-refractivity contribution in [2.24, 2.45) is 17.0 Å². The van der Waals surface area contributed by atoms with E-state index >= 15 is 0 Å². The fraction of sp³-hybridized carbons (Fsp3) is 0.364. The molecule has 1 aliphatic rings. The topological polar surface area (TPSA) is 125 Å². The predicted molar refractivity (Wildman–Crippen MR) is 199 cm³/mol. The molecule has 1 saturated heterocycles. The highest BCUT2D eigenvalue weighted by atomic mass is 79.9. The van der Waals surface area contributed by atoms with Gasteiger partial charge < -0.3 is 24.8 Å². The van der Waals surface area contributed by atoms with Crippen LogP contribution in [0.3, 0.4) is 0 Å². The zero-order chi connectivity index (χ0) is 34.1. The van der Waals surface area contributed by atoms with Crippen molar-refractivity contribution in [3.8, 4) is 16.9 Å². The summed E-state index contributed by atoms with van der Waals surface area (Å²) in [5.74, 6) is 1.47. The van der Waals surface area contributed by atoms with Gasteiger partial charge in [-0.2, -0.15) is 10.1 Å². The number of ether oxygens (including phenoxy) is 1. The van der Waals surface area contributed by atoms with Crippen LogP contribution < -0.4 is 25.6 Å². The molecule has 2 aromatic carbocycles. The van der Waals surface area contributed by atoms with E-state index in [4.69, 9.17) is 9.72 Å². The average molecular weight is 722 g/mol. The first-order valence-electron chi connectivity index (χ1n) is 15.2. The van der Waals surface area contributed by atoms with Gasteiger partial charge in [-0.3, -0.25) is 19.6 Å². The first-order chi connectivity index (χ1) is 22.2. The molecule has 4 aromatic rings. The Morgan fingerprint density at radius 1 is 1.13 bits per heavy atom. The van der Waals surface area contributed by atoms with E-state index in [1.807, 2.05) is 25.5 Å². The van der Waals surface area contributed by atoms with Crippen LogP contribution >= 0.6 is 23.1 Å². The highest BCUT2D eigenvalue weighted by Gasteiger charge is 2.33. The number of nitrogens with one attached hydrogen (secondary N) is 2. The lowest BCUT2D eigenvalue weighted by atomic mass is 9.97. The lowest BCUT2D eigenvalue weighted by Gasteiger charge is -2.46. The molecule has 0 radical (unpaired) electrons. The first-order valence-corrected chi connectivity index (χ1v) is 18.6. The van der Waals surface area contributed by atoms with Gasteiger partial charge in [0.1, 0.15) is 24.4 Å². The van der Waals surface area contributed by atoms with Crippen LogP contribution in [-0.4, -0.2) is 90.2 Å². The molecule has 0 amide bonds. The summed E-state index contributed by atoms with van der Waals surface area (Å²) in [5.41, 5.74) is 5.44. The summed E-state index contributed by atoms with van der Waals surface area (Å²) >= 11 is 3.58. The van der Waals surface area contributed by atoms with Gasteiger partial charge in [0.25, 0.3) is 0 Å². The average Bonchev–Trinajstić information content (AvgIpc) is 3.45. The van der Waals surface area contributed by atoms with E-state index in [1.165, 1.54) is 0 Å². The highest BCUT2D eigenvalue weighted by molar-refractivity contribution is 9.10. The first kappa shape index (κ1) is 34.3. The van der Waals surface area contributed by atoms with Gasteiger partial charge in [0, 0.05) is 73.7 Å². The summed E-state index contributed by atoms with van der Waals surface area (Å²) < 4.78 is 21.9. The highest BCUT2D eigenvalue weighted by Crippen LogP contribution is 2.46. The van der Waals surface area contributed by atoms with Gasteiger partial charge in [-0.25, -0.2) is 4.98 Å². The molecule has 5 rings (SSSR count). The van der Waals surface area contributed by atoms with Crippen molar-refractivity contribution in [3.63, 3.8) is 0 Å². The number of anilines is 5. The number of piperazine rings is 1. The number of hydrogen-bond donors (Lipinski definition) is 2. The van der Waals surface area contributed by atoms with Gasteiger partial charge in [0.05, 0.1) is 40.1 Å². The normalized spacial score (nSPS) is 15.2. The van der Waals surface area contributed by atoms with Crippen LogP contribution in [-0.2, 0) is 11.6 Å². The van der Waals surface area contributed by atoms with Gasteiger partial charge in [0.15, 0.2) is 0 Å². The minimum atomic E-state index is -2.82. The molecule has 248 valence electrons. The minimum absolute atomic E-state index is 0.00138. The lowest BCUT2D eigenvalue weighted by molar-refractivity contribution is 0.139. The number of methoxy groups -OCH3 is 1. The Bertz CT molecular complexity index is 1880. The number of likely N-dealkylation sites (N-methyl/N-ethyl adjacent to an activating group) is 1. The van der Waals surface area contributed by atoms with Gasteiger partial charge >= 0.3 is 0 Å². The molecule has 2 aromatic heterocycles. The Hall–Kier alpha value is -4.06. The van der Waals surface area contributed by atoms with E-state index in [-0.39, 0.29) is 5.54 Å². The molecule has 14 heteroatoms. The number of rotatable bonds is 10. The van der Waals surface area contributed by atoms with Crippen LogP contribution in [0.2, 0.25) is 0 Å². The standard InChI is InChI=1S/C33H42BrN10O2P/c1-10-36-29-24(35-4)11-12-25(30(29)47(8,9)45)39-31-23(34)18-37-32(41-31)40-26-15-22(21-17-38-43(6)19-21)27(16-28(26)46-7)44-14-13-42(5)33(2,3)20-44/h10-12,15-19H,4,13-14,20H2,1-3,5-9H3,(H2,37,39,40,41). The third-order valence-electron chi connectivity index (χ3n) is 8.33. The number of halogens is 1. The summed E-state index contributed by atoms with van der Waals surface area (Å²) in [4.78, 5) is 22.7. The van der Waals surface area contributed by atoms with E-state index in [2.05, 4.69) is 96.2 Å². The number of benzene rings is 2. The van der Waals surface area contributed by atoms with Gasteiger partial charge in [-0.05, 0) is 82.0 Å². The maximum atomic E-state index is 13.5. The van der Waals surface area contributed by atoms with Crippen molar-refractivity contribution in [1.82, 2.24) is 24.6 Å². The Kier molecular flexibility index (Phi) is 9.91. The quantitative estimate of drug-likeness (QED) is 0.132. The molecule has 0 bridgehead atoms. The summed E-state index contributed by atoms with van der Waals surface area (Å²) in [7, 11) is 2.92. The molecule has 12 nitrogen and oxygen atoms in total. The number of hydrogen-bond acceptors (Lipinski definition) is 11. The van der Waals surface area contributed by atoms with E-state index < -0.39 is 7.14 Å². The van der Waals surface area contributed by atoms with Crippen molar-refractivity contribution < 1.29 is 9.30 Å². The predicted octanol–water partition coefficient (Wildman–Crippen LogP) is 6.97. The van der Waals surface area contributed by atoms with Crippen LogP contribution in [0.5, 0.6) is 5.75 Å².